The van der Waals surface area contributed by atoms with Gasteiger partial charge < -0.3 is 4.74 Å². The Kier molecular flexibility index (Phi) is 3.35. The molecule has 4 nitrogen and oxygen atoms in total. The molecule has 1 saturated heterocycles. The molecule has 1 aromatic carbocycles. The molecule has 0 amide bonds. The van der Waals surface area contributed by atoms with Crippen molar-refractivity contribution in [3.8, 4) is 11.1 Å². The summed E-state index contributed by atoms with van der Waals surface area (Å²) in [4.78, 5) is 4.39. The fourth-order valence-electron chi connectivity index (χ4n) is 2.94. The van der Waals surface area contributed by atoms with Gasteiger partial charge in [0.25, 0.3) is 0 Å². The minimum atomic E-state index is -0.267. The van der Waals surface area contributed by atoms with Gasteiger partial charge in [-0.3, -0.25) is 4.98 Å². The first-order valence-corrected chi connectivity index (χ1v) is 7.52. The van der Waals surface area contributed by atoms with Crippen LogP contribution in [0.4, 0.5) is 4.39 Å². The molecule has 22 heavy (non-hydrogen) atoms. The molecule has 2 aromatic heterocycles. The van der Waals surface area contributed by atoms with Crippen LogP contribution in [0, 0.1) is 5.82 Å². The first kappa shape index (κ1) is 13.4. The summed E-state index contributed by atoms with van der Waals surface area (Å²) in [5.74, 6) is -0.267. The van der Waals surface area contributed by atoms with Crippen LogP contribution >= 0.6 is 0 Å². The van der Waals surface area contributed by atoms with E-state index in [1.54, 1.807) is 12.4 Å². The van der Waals surface area contributed by atoms with Gasteiger partial charge in [-0.15, -0.1) is 0 Å². The van der Waals surface area contributed by atoms with Crippen molar-refractivity contribution in [2.75, 3.05) is 6.61 Å². The predicted molar refractivity (Wildman–Crippen MR) is 81.8 cm³/mol. The summed E-state index contributed by atoms with van der Waals surface area (Å²) in [6.45, 7) is 0.768. The van der Waals surface area contributed by atoms with Crippen molar-refractivity contribution < 1.29 is 9.13 Å². The fraction of sp³-hybridized carbons (Fsp3) is 0.294. The van der Waals surface area contributed by atoms with Crippen molar-refractivity contribution in [1.82, 2.24) is 14.8 Å². The number of rotatable bonds is 2. The highest BCUT2D eigenvalue weighted by molar-refractivity contribution is 5.93. The van der Waals surface area contributed by atoms with Gasteiger partial charge in [0.15, 0.2) is 0 Å². The van der Waals surface area contributed by atoms with E-state index in [2.05, 4.69) is 10.1 Å². The number of hydrogen-bond donors (Lipinski definition) is 0. The molecule has 112 valence electrons. The van der Waals surface area contributed by atoms with Crippen molar-refractivity contribution in [2.24, 2.45) is 0 Å². The van der Waals surface area contributed by atoms with Gasteiger partial charge in [-0.2, -0.15) is 5.10 Å². The van der Waals surface area contributed by atoms with Gasteiger partial charge in [0.2, 0.25) is 0 Å². The zero-order valence-electron chi connectivity index (χ0n) is 12.1. The normalized spacial score (nSPS) is 18.7. The highest BCUT2D eigenvalue weighted by Crippen LogP contribution is 2.30. The lowest BCUT2D eigenvalue weighted by molar-refractivity contribution is -0.0394. The van der Waals surface area contributed by atoms with Crippen LogP contribution < -0.4 is 0 Å². The largest absolute Gasteiger partial charge is 0.357 e. The van der Waals surface area contributed by atoms with E-state index in [4.69, 9.17) is 4.74 Å². The summed E-state index contributed by atoms with van der Waals surface area (Å²) in [5.41, 5.74) is 2.41. The van der Waals surface area contributed by atoms with Crippen molar-refractivity contribution in [1.29, 1.82) is 0 Å². The van der Waals surface area contributed by atoms with Gasteiger partial charge in [0.1, 0.15) is 12.0 Å². The highest BCUT2D eigenvalue weighted by Gasteiger charge is 2.17. The van der Waals surface area contributed by atoms with E-state index in [0.717, 1.165) is 47.9 Å². The van der Waals surface area contributed by atoms with Crippen LogP contribution in [0.1, 0.15) is 25.5 Å². The van der Waals surface area contributed by atoms with Crippen LogP contribution in [-0.4, -0.2) is 21.4 Å². The van der Waals surface area contributed by atoms with Crippen molar-refractivity contribution in [2.45, 2.75) is 25.5 Å². The molecule has 1 aliphatic heterocycles. The number of hydrogen-bond acceptors (Lipinski definition) is 3. The SMILES string of the molecule is Fc1cc(-c2cnn([C@H]3CCCCO3)c2)c2ncccc2c1. The van der Waals surface area contributed by atoms with Crippen LogP contribution in [0.3, 0.4) is 0 Å². The standard InChI is InChI=1S/C17H16FN3O/c18-14-8-12-4-3-6-19-17(12)15(9-14)13-10-20-21(11-13)16-5-1-2-7-22-16/h3-4,6,8-11,16H,1-2,5,7H2/t16-/m1/s1. The average Bonchev–Trinajstić information content (AvgIpc) is 3.05. The Morgan fingerprint density at radius 1 is 1.27 bits per heavy atom. The van der Waals surface area contributed by atoms with Crippen LogP contribution in [0.15, 0.2) is 42.9 Å². The van der Waals surface area contributed by atoms with E-state index in [1.807, 2.05) is 23.0 Å². The lowest BCUT2D eigenvalue weighted by Gasteiger charge is -2.22. The van der Waals surface area contributed by atoms with Crippen LogP contribution in [-0.2, 0) is 4.74 Å². The lowest BCUT2D eigenvalue weighted by atomic mass is 10.0. The summed E-state index contributed by atoms with van der Waals surface area (Å²) < 4.78 is 21.4. The minimum absolute atomic E-state index is 0.0183. The number of nitrogens with zero attached hydrogens (tertiary/aromatic N) is 3. The Hall–Kier alpha value is -2.27. The number of aromatic nitrogens is 3. The molecule has 0 spiro atoms. The maximum absolute atomic E-state index is 13.9. The summed E-state index contributed by atoms with van der Waals surface area (Å²) in [7, 11) is 0. The monoisotopic (exact) mass is 297 g/mol. The molecule has 0 N–H and O–H groups in total. The number of halogens is 1. The first-order valence-electron chi connectivity index (χ1n) is 7.52. The molecule has 3 aromatic rings. The molecular weight excluding hydrogens is 281 g/mol. The second-order valence-corrected chi connectivity index (χ2v) is 5.56. The third-order valence-electron chi connectivity index (χ3n) is 4.03. The fourth-order valence-corrected chi connectivity index (χ4v) is 2.94. The zero-order chi connectivity index (χ0) is 14.9. The van der Waals surface area contributed by atoms with E-state index in [-0.39, 0.29) is 12.0 Å². The Bertz CT molecular complexity index is 809. The summed E-state index contributed by atoms with van der Waals surface area (Å²) in [6.07, 6.45) is 8.57. The topological polar surface area (TPSA) is 39.9 Å². The Balaban J connectivity index is 1.77. The summed E-state index contributed by atoms with van der Waals surface area (Å²) in [5, 5.41) is 5.19. The molecule has 5 heteroatoms. The third kappa shape index (κ3) is 2.37. The number of ether oxygens (including phenoxy) is 1. The molecular formula is C17H16FN3O. The highest BCUT2D eigenvalue weighted by atomic mass is 19.1. The number of benzene rings is 1. The van der Waals surface area contributed by atoms with Gasteiger partial charge in [0, 0.05) is 35.5 Å². The van der Waals surface area contributed by atoms with E-state index in [0.29, 0.717) is 0 Å². The van der Waals surface area contributed by atoms with Crippen molar-refractivity contribution in [3.63, 3.8) is 0 Å². The van der Waals surface area contributed by atoms with Crippen molar-refractivity contribution >= 4 is 10.9 Å². The van der Waals surface area contributed by atoms with Gasteiger partial charge in [-0.1, -0.05) is 6.07 Å². The third-order valence-corrected chi connectivity index (χ3v) is 4.03. The van der Waals surface area contributed by atoms with Gasteiger partial charge in [-0.25, -0.2) is 9.07 Å². The van der Waals surface area contributed by atoms with E-state index < -0.39 is 0 Å². The Morgan fingerprint density at radius 2 is 2.23 bits per heavy atom. The van der Waals surface area contributed by atoms with Crippen molar-refractivity contribution in [3.05, 3.63) is 48.7 Å². The molecule has 4 rings (SSSR count). The number of fused-ring (bicyclic) bond motifs is 1. The summed E-state index contributed by atoms with van der Waals surface area (Å²) in [6, 6.07) is 6.69. The smallest absolute Gasteiger partial charge is 0.150 e. The molecule has 0 unspecified atom stereocenters. The lowest BCUT2D eigenvalue weighted by Crippen LogP contribution is -2.18. The van der Waals surface area contributed by atoms with Gasteiger partial charge >= 0.3 is 0 Å². The Morgan fingerprint density at radius 3 is 3.09 bits per heavy atom. The molecule has 1 atom stereocenters. The van der Waals surface area contributed by atoms with E-state index in [9.17, 15) is 4.39 Å². The summed E-state index contributed by atoms with van der Waals surface area (Å²) >= 11 is 0. The molecule has 1 fully saturated rings. The molecule has 0 bridgehead atoms. The van der Waals surface area contributed by atoms with Crippen LogP contribution in [0.25, 0.3) is 22.0 Å². The quantitative estimate of drug-likeness (QED) is 0.719. The first-order chi connectivity index (χ1) is 10.8. The van der Waals surface area contributed by atoms with Crippen LogP contribution in [0.2, 0.25) is 0 Å². The molecule has 3 heterocycles. The van der Waals surface area contributed by atoms with Gasteiger partial charge in [-0.05, 0) is 37.5 Å². The molecule has 0 aliphatic carbocycles. The molecule has 1 aliphatic rings. The molecule has 0 radical (unpaired) electrons. The van der Waals surface area contributed by atoms with Gasteiger partial charge in [0.05, 0.1) is 11.7 Å². The van der Waals surface area contributed by atoms with E-state index in [1.165, 1.54) is 12.1 Å². The average molecular weight is 297 g/mol. The maximum Gasteiger partial charge on any atom is 0.150 e. The second kappa shape index (κ2) is 5.50. The van der Waals surface area contributed by atoms with Crippen LogP contribution in [0.5, 0.6) is 0 Å². The van der Waals surface area contributed by atoms with E-state index >= 15 is 0 Å². The predicted octanol–water partition coefficient (Wildman–Crippen LogP) is 3.94. The Labute approximate surface area is 127 Å². The zero-order valence-corrected chi connectivity index (χ0v) is 12.1. The minimum Gasteiger partial charge on any atom is -0.357 e. The maximum atomic E-state index is 13.9. The second-order valence-electron chi connectivity index (χ2n) is 5.56. The number of pyridine rings is 1. The molecule has 0 saturated carbocycles.